The summed E-state index contributed by atoms with van der Waals surface area (Å²) in [7, 11) is 0. The highest BCUT2D eigenvalue weighted by Gasteiger charge is 2.16. The molecule has 1 aromatic carbocycles. The maximum Gasteiger partial charge on any atom is 0.412 e. The van der Waals surface area contributed by atoms with Gasteiger partial charge in [-0.15, -0.1) is 0 Å². The lowest BCUT2D eigenvalue weighted by molar-refractivity contribution is 0.0636. The van der Waals surface area contributed by atoms with Crippen molar-refractivity contribution in [1.82, 2.24) is 4.98 Å². The van der Waals surface area contributed by atoms with Crippen molar-refractivity contribution in [3.8, 4) is 0 Å². The maximum atomic E-state index is 11.7. The summed E-state index contributed by atoms with van der Waals surface area (Å²) in [5.74, 6) is 0. The third kappa shape index (κ3) is 2.97. The van der Waals surface area contributed by atoms with Crippen LogP contribution in [-0.2, 0) is 4.74 Å². The molecule has 4 nitrogen and oxygen atoms in total. The quantitative estimate of drug-likeness (QED) is 0.834. The van der Waals surface area contributed by atoms with E-state index in [0.717, 1.165) is 10.8 Å². The topological polar surface area (TPSA) is 51.2 Å². The van der Waals surface area contributed by atoms with Crippen LogP contribution in [0, 0.1) is 0 Å². The zero-order valence-electron chi connectivity index (χ0n) is 10.7. The summed E-state index contributed by atoms with van der Waals surface area (Å²) in [4.78, 5) is 15.8. The molecule has 0 saturated heterocycles. The molecule has 4 heteroatoms. The van der Waals surface area contributed by atoms with Crippen LogP contribution in [0.15, 0.2) is 36.7 Å². The van der Waals surface area contributed by atoms with E-state index in [-0.39, 0.29) is 0 Å². The summed E-state index contributed by atoms with van der Waals surface area (Å²) in [5, 5.41) is 4.66. The Morgan fingerprint density at radius 2 is 2.06 bits per heavy atom. The van der Waals surface area contributed by atoms with Crippen LogP contribution >= 0.6 is 0 Å². The fourth-order valence-corrected chi connectivity index (χ4v) is 1.64. The van der Waals surface area contributed by atoms with Crippen LogP contribution in [0.4, 0.5) is 10.5 Å². The first kappa shape index (κ1) is 12.4. The predicted octanol–water partition coefficient (Wildman–Crippen LogP) is 3.58. The van der Waals surface area contributed by atoms with E-state index in [1.54, 1.807) is 12.4 Å². The van der Waals surface area contributed by atoms with Crippen LogP contribution in [-0.4, -0.2) is 16.7 Å². The molecule has 1 aromatic heterocycles. The molecule has 18 heavy (non-hydrogen) atoms. The number of hydrogen-bond acceptors (Lipinski definition) is 3. The van der Waals surface area contributed by atoms with Gasteiger partial charge in [0.15, 0.2) is 0 Å². The van der Waals surface area contributed by atoms with Crippen molar-refractivity contribution in [3.63, 3.8) is 0 Å². The Kier molecular flexibility index (Phi) is 3.19. The highest BCUT2D eigenvalue weighted by atomic mass is 16.6. The standard InChI is InChI=1S/C14H16N2O2/c1-14(2,3)18-13(17)16-12-6-4-5-10-7-8-15-9-11(10)12/h4-9H,1-3H3,(H,16,17). The second kappa shape index (κ2) is 4.64. The Hall–Kier alpha value is -2.10. The molecule has 0 aliphatic rings. The van der Waals surface area contributed by atoms with E-state index >= 15 is 0 Å². The molecule has 2 aromatic rings. The van der Waals surface area contributed by atoms with Gasteiger partial charge < -0.3 is 4.74 Å². The Bertz CT molecular complexity index is 568. The number of benzene rings is 1. The average molecular weight is 244 g/mol. The number of aromatic nitrogens is 1. The second-order valence-corrected chi connectivity index (χ2v) is 5.03. The largest absolute Gasteiger partial charge is 0.444 e. The fourth-order valence-electron chi connectivity index (χ4n) is 1.64. The second-order valence-electron chi connectivity index (χ2n) is 5.03. The third-order valence-electron chi connectivity index (χ3n) is 2.32. The van der Waals surface area contributed by atoms with Crippen molar-refractivity contribution >= 4 is 22.6 Å². The molecule has 0 saturated carbocycles. The number of anilines is 1. The van der Waals surface area contributed by atoms with Gasteiger partial charge in [-0.05, 0) is 38.3 Å². The van der Waals surface area contributed by atoms with E-state index in [1.807, 2.05) is 45.0 Å². The molecule has 0 radical (unpaired) electrons. The molecule has 0 atom stereocenters. The number of carbonyl (C=O) groups excluding carboxylic acids is 1. The first-order chi connectivity index (χ1) is 8.46. The summed E-state index contributed by atoms with van der Waals surface area (Å²) >= 11 is 0. The van der Waals surface area contributed by atoms with Gasteiger partial charge in [0.2, 0.25) is 0 Å². The molecule has 0 aliphatic carbocycles. The van der Waals surface area contributed by atoms with Crippen molar-refractivity contribution in [2.24, 2.45) is 0 Å². The van der Waals surface area contributed by atoms with E-state index in [2.05, 4.69) is 10.3 Å². The molecular weight excluding hydrogens is 228 g/mol. The molecule has 0 fully saturated rings. The molecule has 0 unspecified atom stereocenters. The van der Waals surface area contributed by atoms with Crippen molar-refractivity contribution in [2.45, 2.75) is 26.4 Å². The Labute approximate surface area is 106 Å². The number of fused-ring (bicyclic) bond motifs is 1. The average Bonchev–Trinajstić information content (AvgIpc) is 2.27. The smallest absolute Gasteiger partial charge is 0.412 e. The normalized spacial score (nSPS) is 11.3. The van der Waals surface area contributed by atoms with Crippen molar-refractivity contribution < 1.29 is 9.53 Å². The van der Waals surface area contributed by atoms with Gasteiger partial charge in [0.1, 0.15) is 5.60 Å². The van der Waals surface area contributed by atoms with Gasteiger partial charge in [0, 0.05) is 17.8 Å². The number of amides is 1. The lowest BCUT2D eigenvalue weighted by atomic mass is 10.1. The minimum Gasteiger partial charge on any atom is -0.444 e. The molecule has 1 heterocycles. The zero-order chi connectivity index (χ0) is 13.2. The minimum absolute atomic E-state index is 0.459. The molecule has 94 valence electrons. The predicted molar refractivity (Wildman–Crippen MR) is 71.6 cm³/mol. The van der Waals surface area contributed by atoms with Crippen LogP contribution in [0.5, 0.6) is 0 Å². The van der Waals surface area contributed by atoms with Gasteiger partial charge in [-0.2, -0.15) is 0 Å². The molecule has 0 spiro atoms. The van der Waals surface area contributed by atoms with Crippen molar-refractivity contribution in [2.75, 3.05) is 5.32 Å². The highest BCUT2D eigenvalue weighted by Crippen LogP contribution is 2.22. The van der Waals surface area contributed by atoms with Crippen molar-refractivity contribution in [1.29, 1.82) is 0 Å². The molecule has 0 aliphatic heterocycles. The summed E-state index contributed by atoms with van der Waals surface area (Å²) in [6.07, 6.45) is 2.99. The van der Waals surface area contributed by atoms with Crippen molar-refractivity contribution in [3.05, 3.63) is 36.7 Å². The first-order valence-corrected chi connectivity index (χ1v) is 5.78. The van der Waals surface area contributed by atoms with E-state index in [9.17, 15) is 4.79 Å². The van der Waals surface area contributed by atoms with Crippen LogP contribution in [0.2, 0.25) is 0 Å². The van der Waals surface area contributed by atoms with E-state index in [1.165, 1.54) is 0 Å². The molecule has 0 bridgehead atoms. The van der Waals surface area contributed by atoms with Gasteiger partial charge in [-0.1, -0.05) is 12.1 Å². The van der Waals surface area contributed by atoms with Gasteiger partial charge in [-0.3, -0.25) is 10.3 Å². The van der Waals surface area contributed by atoms with Crippen LogP contribution in [0.25, 0.3) is 10.8 Å². The van der Waals surface area contributed by atoms with E-state index < -0.39 is 11.7 Å². The number of hydrogen-bond donors (Lipinski definition) is 1. The lowest BCUT2D eigenvalue weighted by Crippen LogP contribution is -2.27. The molecule has 1 N–H and O–H groups in total. The maximum absolute atomic E-state index is 11.7. The number of ether oxygens (including phenoxy) is 1. The number of nitrogens with zero attached hydrogens (tertiary/aromatic N) is 1. The highest BCUT2D eigenvalue weighted by molar-refractivity contribution is 5.99. The Morgan fingerprint density at radius 3 is 2.78 bits per heavy atom. The third-order valence-corrected chi connectivity index (χ3v) is 2.32. The lowest BCUT2D eigenvalue weighted by Gasteiger charge is -2.20. The minimum atomic E-state index is -0.507. The Balaban J connectivity index is 2.24. The van der Waals surface area contributed by atoms with Gasteiger partial charge in [0.25, 0.3) is 0 Å². The summed E-state index contributed by atoms with van der Waals surface area (Å²) in [5.41, 5.74) is 0.197. The molecule has 1 amide bonds. The molecule has 2 rings (SSSR count). The van der Waals surface area contributed by atoms with E-state index in [0.29, 0.717) is 5.69 Å². The summed E-state index contributed by atoms with van der Waals surface area (Å²) in [6.45, 7) is 5.49. The summed E-state index contributed by atoms with van der Waals surface area (Å²) < 4.78 is 5.22. The number of carbonyl (C=O) groups is 1. The van der Waals surface area contributed by atoms with E-state index in [4.69, 9.17) is 4.74 Å². The Morgan fingerprint density at radius 1 is 1.28 bits per heavy atom. The van der Waals surface area contributed by atoms with Crippen LogP contribution < -0.4 is 5.32 Å². The van der Waals surface area contributed by atoms with Crippen LogP contribution in [0.3, 0.4) is 0 Å². The van der Waals surface area contributed by atoms with Crippen LogP contribution in [0.1, 0.15) is 20.8 Å². The van der Waals surface area contributed by atoms with Gasteiger partial charge in [-0.25, -0.2) is 4.79 Å². The monoisotopic (exact) mass is 244 g/mol. The first-order valence-electron chi connectivity index (χ1n) is 5.78. The number of rotatable bonds is 1. The van der Waals surface area contributed by atoms with Gasteiger partial charge in [0.05, 0.1) is 5.69 Å². The number of nitrogens with one attached hydrogen (secondary N) is 1. The zero-order valence-corrected chi connectivity index (χ0v) is 10.7. The number of pyridine rings is 1. The summed E-state index contributed by atoms with van der Waals surface area (Å²) in [6, 6.07) is 7.58. The van der Waals surface area contributed by atoms with Gasteiger partial charge >= 0.3 is 6.09 Å². The SMILES string of the molecule is CC(C)(C)OC(=O)Nc1cccc2ccncc12. The fraction of sp³-hybridized carbons (Fsp3) is 0.286. The molecular formula is C14H16N2O2.